The second-order valence-corrected chi connectivity index (χ2v) is 9.62. The molecule has 8 heteroatoms. The Morgan fingerprint density at radius 2 is 1.82 bits per heavy atom. The fourth-order valence-electron chi connectivity index (χ4n) is 2.82. The van der Waals surface area contributed by atoms with Gasteiger partial charge in [-0.15, -0.1) is 11.3 Å². The molecule has 0 bridgehead atoms. The number of hydrogen-bond acceptors (Lipinski definition) is 5. The van der Waals surface area contributed by atoms with Crippen molar-refractivity contribution in [2.75, 3.05) is 14.2 Å². The van der Waals surface area contributed by atoms with Crippen molar-refractivity contribution in [3.05, 3.63) is 59.0 Å². The number of thiophene rings is 1. The number of sulfonamides is 1. The lowest BCUT2D eigenvalue weighted by Crippen LogP contribution is -2.27. The Morgan fingerprint density at radius 3 is 2.54 bits per heavy atom. The topological polar surface area (TPSA) is 84.5 Å². The number of carbonyl (C=O) groups excluding carboxylic acids is 1. The van der Waals surface area contributed by atoms with Gasteiger partial charge in [-0.25, -0.2) is 13.1 Å². The van der Waals surface area contributed by atoms with E-state index in [1.807, 2.05) is 43.3 Å². The van der Waals surface area contributed by atoms with Crippen LogP contribution in [0.3, 0.4) is 0 Å². The number of nitrogens with one attached hydrogen (secondary N) is 2. The number of fused-ring (bicyclic) bond motifs is 1. The lowest BCUT2D eigenvalue weighted by atomic mass is 9.97. The van der Waals surface area contributed by atoms with Crippen molar-refractivity contribution in [3.8, 4) is 5.75 Å². The first-order valence-electron chi connectivity index (χ1n) is 8.71. The quantitative estimate of drug-likeness (QED) is 0.617. The number of amides is 1. The molecule has 1 amide bonds. The zero-order valence-corrected chi connectivity index (χ0v) is 17.5. The first kappa shape index (κ1) is 20.3. The van der Waals surface area contributed by atoms with E-state index in [1.54, 1.807) is 19.2 Å². The monoisotopic (exact) mass is 418 g/mol. The van der Waals surface area contributed by atoms with Crippen LogP contribution >= 0.6 is 11.3 Å². The average molecular weight is 419 g/mol. The van der Waals surface area contributed by atoms with Crippen LogP contribution in [0.25, 0.3) is 10.8 Å². The molecule has 2 aromatic carbocycles. The Balaban J connectivity index is 1.68. The summed E-state index contributed by atoms with van der Waals surface area (Å²) in [5.41, 5.74) is 0.916. The van der Waals surface area contributed by atoms with E-state index in [2.05, 4.69) is 10.0 Å². The Morgan fingerprint density at radius 1 is 1.11 bits per heavy atom. The summed E-state index contributed by atoms with van der Waals surface area (Å²) in [6, 6.07) is 15.0. The lowest BCUT2D eigenvalue weighted by molar-refractivity contribution is -0.122. The molecular formula is C20H22N2O4S2. The predicted molar refractivity (Wildman–Crippen MR) is 111 cm³/mol. The highest BCUT2D eigenvalue weighted by Gasteiger charge is 2.17. The van der Waals surface area contributed by atoms with Gasteiger partial charge in [0.2, 0.25) is 15.9 Å². The molecule has 0 aliphatic carbocycles. The molecule has 1 aromatic heterocycles. The van der Waals surface area contributed by atoms with Crippen molar-refractivity contribution >= 4 is 38.0 Å². The molecule has 0 saturated heterocycles. The van der Waals surface area contributed by atoms with E-state index < -0.39 is 10.0 Å². The third-order valence-electron chi connectivity index (χ3n) is 4.57. The number of benzene rings is 2. The summed E-state index contributed by atoms with van der Waals surface area (Å²) in [7, 11) is -0.450. The van der Waals surface area contributed by atoms with Crippen LogP contribution in [-0.4, -0.2) is 28.5 Å². The zero-order chi connectivity index (χ0) is 20.3. The highest BCUT2D eigenvalue weighted by molar-refractivity contribution is 7.91. The van der Waals surface area contributed by atoms with Crippen molar-refractivity contribution in [1.82, 2.24) is 10.0 Å². The van der Waals surface area contributed by atoms with Gasteiger partial charge in [-0.2, -0.15) is 0 Å². The van der Waals surface area contributed by atoms with Crippen molar-refractivity contribution in [1.29, 1.82) is 0 Å². The normalized spacial score (nSPS) is 12.7. The molecule has 0 radical (unpaired) electrons. The molecule has 148 valence electrons. The zero-order valence-electron chi connectivity index (χ0n) is 15.9. The van der Waals surface area contributed by atoms with Gasteiger partial charge in [0.05, 0.1) is 19.6 Å². The molecule has 3 rings (SSSR count). The van der Waals surface area contributed by atoms with E-state index in [-0.39, 0.29) is 22.6 Å². The molecule has 0 saturated carbocycles. The number of carbonyl (C=O) groups is 1. The molecule has 1 atom stereocenters. The Labute approximate surface area is 168 Å². The van der Waals surface area contributed by atoms with Crippen molar-refractivity contribution < 1.29 is 17.9 Å². The minimum atomic E-state index is -3.45. The van der Waals surface area contributed by atoms with Gasteiger partial charge in [-0.3, -0.25) is 4.79 Å². The first-order chi connectivity index (χ1) is 13.3. The van der Waals surface area contributed by atoms with Crippen LogP contribution in [0.1, 0.15) is 23.3 Å². The standard InChI is InChI=1S/C20H22N2O4S2/c1-13(14-4-5-16-11-17(26-3)7-6-15(16)10-14)20(23)22-12-18-8-9-19(27-18)28(24,25)21-2/h4-11,13,21H,12H2,1-3H3,(H,22,23)/t13-/m0/s1. The van der Waals surface area contributed by atoms with E-state index in [9.17, 15) is 13.2 Å². The molecule has 28 heavy (non-hydrogen) atoms. The highest BCUT2D eigenvalue weighted by Crippen LogP contribution is 2.26. The van der Waals surface area contributed by atoms with Gasteiger partial charge in [-0.05, 0) is 54.6 Å². The predicted octanol–water partition coefficient (Wildman–Crippen LogP) is 3.24. The highest BCUT2D eigenvalue weighted by atomic mass is 32.2. The van der Waals surface area contributed by atoms with Crippen LogP contribution < -0.4 is 14.8 Å². The van der Waals surface area contributed by atoms with Crippen molar-refractivity contribution in [2.45, 2.75) is 23.6 Å². The number of rotatable bonds is 7. The van der Waals surface area contributed by atoms with Gasteiger partial charge in [0, 0.05) is 4.88 Å². The molecular weight excluding hydrogens is 396 g/mol. The first-order valence-corrected chi connectivity index (χ1v) is 11.0. The molecule has 0 aliphatic heterocycles. The molecule has 0 spiro atoms. The fraction of sp³-hybridized carbons (Fsp3) is 0.250. The van der Waals surface area contributed by atoms with Crippen LogP contribution in [-0.2, 0) is 21.4 Å². The Hall–Kier alpha value is -2.42. The Bertz CT molecular complexity index is 1110. The lowest BCUT2D eigenvalue weighted by Gasteiger charge is -2.13. The van der Waals surface area contributed by atoms with E-state index in [0.29, 0.717) is 0 Å². The maximum absolute atomic E-state index is 12.6. The van der Waals surface area contributed by atoms with E-state index in [0.717, 1.165) is 38.3 Å². The summed E-state index contributed by atoms with van der Waals surface area (Å²) in [5.74, 6) is 0.355. The van der Waals surface area contributed by atoms with Crippen LogP contribution in [0, 0.1) is 0 Å². The Kier molecular flexibility index (Phi) is 6.02. The van der Waals surface area contributed by atoms with Gasteiger partial charge in [0.15, 0.2) is 0 Å². The summed E-state index contributed by atoms with van der Waals surface area (Å²) >= 11 is 1.14. The minimum Gasteiger partial charge on any atom is -0.497 e. The molecule has 3 aromatic rings. The van der Waals surface area contributed by atoms with Gasteiger partial charge < -0.3 is 10.1 Å². The van der Waals surface area contributed by atoms with Gasteiger partial charge in [0.25, 0.3) is 0 Å². The third-order valence-corrected chi connectivity index (χ3v) is 7.56. The summed E-state index contributed by atoms with van der Waals surface area (Å²) < 4.78 is 31.3. The van der Waals surface area contributed by atoms with Crippen LogP contribution in [0.4, 0.5) is 0 Å². The van der Waals surface area contributed by atoms with Crippen molar-refractivity contribution in [2.24, 2.45) is 0 Å². The largest absolute Gasteiger partial charge is 0.497 e. The smallest absolute Gasteiger partial charge is 0.249 e. The summed E-state index contributed by atoms with van der Waals surface area (Å²) in [6.45, 7) is 2.14. The third kappa shape index (κ3) is 4.35. The minimum absolute atomic E-state index is 0.112. The van der Waals surface area contributed by atoms with Crippen LogP contribution in [0.5, 0.6) is 5.75 Å². The number of ether oxygens (including phenoxy) is 1. The van der Waals surface area contributed by atoms with E-state index in [4.69, 9.17) is 4.74 Å². The van der Waals surface area contributed by atoms with E-state index >= 15 is 0 Å². The average Bonchev–Trinajstić information content (AvgIpc) is 3.20. The van der Waals surface area contributed by atoms with Gasteiger partial charge in [-0.1, -0.05) is 24.3 Å². The molecule has 0 fully saturated rings. The molecule has 1 heterocycles. The van der Waals surface area contributed by atoms with Gasteiger partial charge >= 0.3 is 0 Å². The summed E-state index contributed by atoms with van der Waals surface area (Å²) in [5, 5.41) is 4.97. The summed E-state index contributed by atoms with van der Waals surface area (Å²) in [6.07, 6.45) is 0. The summed E-state index contributed by atoms with van der Waals surface area (Å²) in [4.78, 5) is 13.3. The molecule has 0 unspecified atom stereocenters. The SMILES string of the molecule is CNS(=O)(=O)c1ccc(CNC(=O)[C@@H](C)c2ccc3cc(OC)ccc3c2)s1. The van der Waals surface area contributed by atoms with Crippen LogP contribution in [0.2, 0.25) is 0 Å². The number of methoxy groups -OCH3 is 1. The molecule has 6 nitrogen and oxygen atoms in total. The van der Waals surface area contributed by atoms with Crippen LogP contribution in [0.15, 0.2) is 52.7 Å². The maximum Gasteiger partial charge on any atom is 0.249 e. The molecule has 2 N–H and O–H groups in total. The molecule has 0 aliphatic rings. The van der Waals surface area contributed by atoms with E-state index in [1.165, 1.54) is 7.05 Å². The second kappa shape index (κ2) is 8.30. The van der Waals surface area contributed by atoms with Crippen molar-refractivity contribution in [3.63, 3.8) is 0 Å². The number of hydrogen-bond donors (Lipinski definition) is 2. The maximum atomic E-state index is 12.6. The second-order valence-electron chi connectivity index (χ2n) is 6.34. The van der Waals surface area contributed by atoms with Gasteiger partial charge in [0.1, 0.15) is 9.96 Å². The fourth-order valence-corrected chi connectivity index (χ4v) is 4.95.